The highest BCUT2D eigenvalue weighted by Gasteiger charge is 2.34. The number of alkyl halides is 3. The lowest BCUT2D eigenvalue weighted by Crippen LogP contribution is -2.30. The number of benzene rings is 1. The van der Waals surface area contributed by atoms with Crippen molar-refractivity contribution in [1.29, 1.82) is 0 Å². The molecule has 110 valence electrons. The second-order valence-electron chi connectivity index (χ2n) is 4.14. The first-order valence-electron chi connectivity index (χ1n) is 6.01. The van der Waals surface area contributed by atoms with E-state index in [-0.39, 0.29) is 12.5 Å². The van der Waals surface area contributed by atoms with Crippen molar-refractivity contribution in [1.82, 2.24) is 10.6 Å². The van der Waals surface area contributed by atoms with Gasteiger partial charge < -0.3 is 10.6 Å². The van der Waals surface area contributed by atoms with Gasteiger partial charge in [-0.25, -0.2) is 0 Å². The predicted octanol–water partition coefficient (Wildman–Crippen LogP) is 1.96. The molecule has 0 aromatic heterocycles. The number of halogens is 3. The summed E-state index contributed by atoms with van der Waals surface area (Å²) in [5.74, 6) is -0.973. The predicted molar refractivity (Wildman–Crippen MR) is 67.1 cm³/mol. The van der Waals surface area contributed by atoms with Gasteiger partial charge in [0.25, 0.3) is 5.91 Å². The van der Waals surface area contributed by atoms with E-state index in [9.17, 15) is 22.8 Å². The van der Waals surface area contributed by atoms with Crippen LogP contribution >= 0.6 is 0 Å². The van der Waals surface area contributed by atoms with Crippen molar-refractivity contribution < 1.29 is 22.8 Å². The normalized spacial score (nSPS) is 11.0. The van der Waals surface area contributed by atoms with Crippen molar-refractivity contribution >= 4 is 11.8 Å². The monoisotopic (exact) mass is 288 g/mol. The molecule has 20 heavy (non-hydrogen) atoms. The number of carbonyl (C=O) groups excluding carboxylic acids is 2. The van der Waals surface area contributed by atoms with Gasteiger partial charge in [-0.1, -0.05) is 12.1 Å². The number of rotatable bonds is 5. The number of nitrogens with one attached hydrogen (secondary N) is 2. The van der Waals surface area contributed by atoms with E-state index in [0.717, 1.165) is 12.1 Å². The first-order chi connectivity index (χ1) is 9.32. The van der Waals surface area contributed by atoms with Crippen molar-refractivity contribution in [3.05, 3.63) is 35.4 Å². The minimum atomic E-state index is -4.57. The molecule has 0 saturated heterocycles. The molecule has 2 N–H and O–H groups in total. The fraction of sp³-hybridized carbons (Fsp3) is 0.385. The van der Waals surface area contributed by atoms with Crippen molar-refractivity contribution in [2.75, 3.05) is 13.1 Å². The molecule has 0 saturated carbocycles. The van der Waals surface area contributed by atoms with Crippen LogP contribution in [0.4, 0.5) is 13.2 Å². The number of hydrogen-bond donors (Lipinski definition) is 2. The maximum absolute atomic E-state index is 12.7. The molecule has 1 rings (SSSR count). The van der Waals surface area contributed by atoms with Gasteiger partial charge in [0.1, 0.15) is 0 Å². The Kier molecular flexibility index (Phi) is 5.54. The zero-order valence-electron chi connectivity index (χ0n) is 10.9. The quantitative estimate of drug-likeness (QED) is 0.814. The molecular formula is C13H15F3N2O2. The van der Waals surface area contributed by atoms with E-state index in [1.54, 1.807) is 0 Å². The molecule has 0 heterocycles. The SMILES string of the molecule is CC(=O)NCCCNC(=O)c1ccccc1C(F)(F)F. The molecule has 2 amide bonds. The Hall–Kier alpha value is -2.05. The Labute approximate surface area is 114 Å². The summed E-state index contributed by atoms with van der Waals surface area (Å²) in [6.45, 7) is 1.90. The molecule has 0 aliphatic carbocycles. The summed E-state index contributed by atoms with van der Waals surface area (Å²) >= 11 is 0. The van der Waals surface area contributed by atoms with Crippen LogP contribution in [0.3, 0.4) is 0 Å². The van der Waals surface area contributed by atoms with Crippen LogP contribution in [0, 0.1) is 0 Å². The van der Waals surface area contributed by atoms with Crippen LogP contribution in [0.2, 0.25) is 0 Å². The molecule has 0 bridgehead atoms. The van der Waals surface area contributed by atoms with Crippen molar-refractivity contribution in [2.24, 2.45) is 0 Å². The molecule has 7 heteroatoms. The van der Waals surface area contributed by atoms with Gasteiger partial charge in [-0.05, 0) is 18.6 Å². The van der Waals surface area contributed by atoms with Gasteiger partial charge in [-0.3, -0.25) is 9.59 Å². The zero-order chi connectivity index (χ0) is 15.2. The van der Waals surface area contributed by atoms with Gasteiger partial charge in [-0.2, -0.15) is 13.2 Å². The maximum Gasteiger partial charge on any atom is 0.417 e. The van der Waals surface area contributed by atoms with Gasteiger partial charge >= 0.3 is 6.18 Å². The lowest BCUT2D eigenvalue weighted by Gasteiger charge is -2.12. The van der Waals surface area contributed by atoms with Gasteiger partial charge in [0.15, 0.2) is 0 Å². The molecule has 0 spiro atoms. The van der Waals surface area contributed by atoms with E-state index < -0.39 is 23.2 Å². The summed E-state index contributed by atoms with van der Waals surface area (Å²) in [6.07, 6.45) is -4.12. The summed E-state index contributed by atoms with van der Waals surface area (Å²) in [5.41, 5.74) is -1.36. The highest BCUT2D eigenvalue weighted by molar-refractivity contribution is 5.95. The third kappa shape index (κ3) is 4.91. The van der Waals surface area contributed by atoms with Crippen LogP contribution < -0.4 is 10.6 Å². The molecule has 1 aromatic carbocycles. The van der Waals surface area contributed by atoms with E-state index in [0.29, 0.717) is 13.0 Å². The topological polar surface area (TPSA) is 58.2 Å². The highest BCUT2D eigenvalue weighted by atomic mass is 19.4. The van der Waals surface area contributed by atoms with Crippen molar-refractivity contribution in [3.63, 3.8) is 0 Å². The van der Waals surface area contributed by atoms with Crippen LogP contribution in [0.15, 0.2) is 24.3 Å². The van der Waals surface area contributed by atoms with E-state index in [2.05, 4.69) is 10.6 Å². The standard InChI is InChI=1S/C13H15F3N2O2/c1-9(19)17-7-4-8-18-12(20)10-5-2-3-6-11(10)13(14,15)16/h2-3,5-6H,4,7-8H2,1H3,(H,17,19)(H,18,20). The second-order valence-corrected chi connectivity index (χ2v) is 4.14. The third-order valence-electron chi connectivity index (χ3n) is 2.49. The molecule has 0 fully saturated rings. The maximum atomic E-state index is 12.7. The van der Waals surface area contributed by atoms with Crippen LogP contribution in [0.25, 0.3) is 0 Å². The molecule has 0 radical (unpaired) electrons. The second kappa shape index (κ2) is 6.93. The van der Waals surface area contributed by atoms with E-state index in [1.807, 2.05) is 0 Å². The molecule has 0 unspecified atom stereocenters. The summed E-state index contributed by atoms with van der Waals surface area (Å²) in [5, 5.41) is 4.92. The lowest BCUT2D eigenvalue weighted by atomic mass is 10.1. The Morgan fingerprint density at radius 2 is 1.70 bits per heavy atom. The lowest BCUT2D eigenvalue weighted by molar-refractivity contribution is -0.138. The summed E-state index contributed by atoms with van der Waals surface area (Å²) in [7, 11) is 0. The molecule has 0 atom stereocenters. The minimum Gasteiger partial charge on any atom is -0.356 e. The van der Waals surface area contributed by atoms with Crippen LogP contribution in [0.1, 0.15) is 29.3 Å². The molecule has 1 aromatic rings. The van der Waals surface area contributed by atoms with Gasteiger partial charge in [0.2, 0.25) is 5.91 Å². The van der Waals surface area contributed by atoms with Crippen molar-refractivity contribution in [2.45, 2.75) is 19.5 Å². The Morgan fingerprint density at radius 1 is 1.10 bits per heavy atom. The van der Waals surface area contributed by atoms with E-state index in [1.165, 1.54) is 19.1 Å². The average Bonchev–Trinajstić information content (AvgIpc) is 2.36. The Morgan fingerprint density at radius 3 is 2.30 bits per heavy atom. The highest BCUT2D eigenvalue weighted by Crippen LogP contribution is 2.31. The summed E-state index contributed by atoms with van der Waals surface area (Å²) < 4.78 is 38.1. The smallest absolute Gasteiger partial charge is 0.356 e. The van der Waals surface area contributed by atoms with Gasteiger partial charge in [0, 0.05) is 20.0 Å². The van der Waals surface area contributed by atoms with Crippen LogP contribution in [-0.2, 0) is 11.0 Å². The summed E-state index contributed by atoms with van der Waals surface area (Å²) in [6, 6.07) is 4.61. The van der Waals surface area contributed by atoms with Crippen molar-refractivity contribution in [3.8, 4) is 0 Å². The van der Waals surface area contributed by atoms with E-state index >= 15 is 0 Å². The van der Waals surface area contributed by atoms with Crippen LogP contribution in [-0.4, -0.2) is 24.9 Å². The third-order valence-corrected chi connectivity index (χ3v) is 2.49. The van der Waals surface area contributed by atoms with Crippen LogP contribution in [0.5, 0.6) is 0 Å². The Bertz CT molecular complexity index is 487. The average molecular weight is 288 g/mol. The minimum absolute atomic E-state index is 0.186. The zero-order valence-corrected chi connectivity index (χ0v) is 10.9. The molecule has 0 aliphatic heterocycles. The molecular weight excluding hydrogens is 273 g/mol. The largest absolute Gasteiger partial charge is 0.417 e. The number of hydrogen-bond acceptors (Lipinski definition) is 2. The number of amides is 2. The number of carbonyl (C=O) groups is 2. The molecule has 4 nitrogen and oxygen atoms in total. The first kappa shape index (κ1) is 16.0. The van der Waals surface area contributed by atoms with E-state index in [4.69, 9.17) is 0 Å². The Balaban J connectivity index is 2.58. The fourth-order valence-corrected chi connectivity index (χ4v) is 1.58. The van der Waals surface area contributed by atoms with Gasteiger partial charge in [-0.15, -0.1) is 0 Å². The van der Waals surface area contributed by atoms with Gasteiger partial charge in [0.05, 0.1) is 11.1 Å². The first-order valence-corrected chi connectivity index (χ1v) is 6.01. The summed E-state index contributed by atoms with van der Waals surface area (Å²) in [4.78, 5) is 22.3. The fourth-order valence-electron chi connectivity index (χ4n) is 1.58. The molecule has 0 aliphatic rings.